The fourth-order valence-electron chi connectivity index (χ4n) is 1.45. The van der Waals surface area contributed by atoms with Gasteiger partial charge in [0.05, 0.1) is 13.3 Å². The molecule has 0 saturated carbocycles. The average molecular weight is 206 g/mol. The molecule has 0 aliphatic rings. The number of aryl methyl sites for hydroxylation is 1. The van der Waals surface area contributed by atoms with Crippen molar-refractivity contribution in [2.24, 2.45) is 7.05 Å². The summed E-state index contributed by atoms with van der Waals surface area (Å²) >= 11 is 0. The maximum Gasteiger partial charge on any atom is 0.172 e. The van der Waals surface area contributed by atoms with E-state index in [1.54, 1.807) is 42.3 Å². The van der Waals surface area contributed by atoms with E-state index in [1.807, 2.05) is 0 Å². The van der Waals surface area contributed by atoms with Gasteiger partial charge in [0.2, 0.25) is 0 Å². The van der Waals surface area contributed by atoms with Gasteiger partial charge in [0.1, 0.15) is 0 Å². The molecule has 0 spiro atoms. The Morgan fingerprint density at radius 3 is 2.80 bits per heavy atom. The van der Waals surface area contributed by atoms with Gasteiger partial charge in [0, 0.05) is 24.4 Å². The normalized spacial score (nSPS) is 10.3. The van der Waals surface area contributed by atoms with Crippen molar-refractivity contribution < 1.29 is 9.13 Å². The molecule has 0 saturated heterocycles. The molecule has 0 radical (unpaired) electrons. The minimum absolute atomic E-state index is 0.247. The number of nitrogens with zero attached hydrogens (tertiary/aromatic N) is 2. The highest BCUT2D eigenvalue weighted by Gasteiger charge is 2.10. The minimum Gasteiger partial charge on any atom is -0.494 e. The zero-order valence-corrected chi connectivity index (χ0v) is 8.57. The van der Waals surface area contributed by atoms with E-state index in [2.05, 4.69) is 5.10 Å². The molecule has 0 fully saturated rings. The summed E-state index contributed by atoms with van der Waals surface area (Å²) in [6.07, 6.45) is 3.38. The van der Waals surface area contributed by atoms with Crippen molar-refractivity contribution in [2.45, 2.75) is 0 Å². The van der Waals surface area contributed by atoms with Crippen molar-refractivity contribution >= 4 is 0 Å². The first-order chi connectivity index (χ1) is 7.22. The maximum absolute atomic E-state index is 13.8. The number of halogens is 1. The van der Waals surface area contributed by atoms with Crippen LogP contribution in [0.15, 0.2) is 30.6 Å². The van der Waals surface area contributed by atoms with E-state index in [9.17, 15) is 4.39 Å². The Kier molecular flexibility index (Phi) is 2.41. The molecule has 1 heterocycles. The Morgan fingerprint density at radius 2 is 2.20 bits per heavy atom. The zero-order valence-electron chi connectivity index (χ0n) is 8.57. The number of methoxy groups -OCH3 is 1. The summed E-state index contributed by atoms with van der Waals surface area (Å²) < 4.78 is 20.4. The summed E-state index contributed by atoms with van der Waals surface area (Å²) in [4.78, 5) is 0. The summed E-state index contributed by atoms with van der Waals surface area (Å²) in [5.41, 5.74) is 1.25. The van der Waals surface area contributed by atoms with E-state index in [0.29, 0.717) is 5.56 Å². The molecule has 15 heavy (non-hydrogen) atoms. The Morgan fingerprint density at radius 1 is 1.40 bits per heavy atom. The van der Waals surface area contributed by atoms with Gasteiger partial charge in [-0.3, -0.25) is 4.68 Å². The summed E-state index contributed by atoms with van der Waals surface area (Å²) in [6.45, 7) is 0. The lowest BCUT2D eigenvalue weighted by Crippen LogP contribution is -1.90. The third kappa shape index (κ3) is 1.70. The molecular formula is C11H11FN2O. The van der Waals surface area contributed by atoms with Crippen molar-refractivity contribution in [3.63, 3.8) is 0 Å². The summed E-state index contributed by atoms with van der Waals surface area (Å²) in [5.74, 6) is -0.107. The van der Waals surface area contributed by atoms with Crippen LogP contribution in [-0.4, -0.2) is 16.9 Å². The first-order valence-electron chi connectivity index (χ1n) is 4.54. The molecule has 1 aromatic carbocycles. The van der Waals surface area contributed by atoms with Crippen LogP contribution in [0.2, 0.25) is 0 Å². The van der Waals surface area contributed by atoms with Crippen LogP contribution in [0, 0.1) is 5.82 Å². The van der Waals surface area contributed by atoms with E-state index in [4.69, 9.17) is 4.74 Å². The molecule has 0 atom stereocenters. The molecule has 0 aliphatic carbocycles. The fraction of sp³-hybridized carbons (Fsp3) is 0.182. The van der Waals surface area contributed by atoms with E-state index in [1.165, 1.54) is 7.11 Å². The second kappa shape index (κ2) is 3.73. The van der Waals surface area contributed by atoms with Crippen molar-refractivity contribution in [3.8, 4) is 16.9 Å². The van der Waals surface area contributed by atoms with Gasteiger partial charge in [-0.15, -0.1) is 0 Å². The highest BCUT2D eigenvalue weighted by Crippen LogP contribution is 2.28. The van der Waals surface area contributed by atoms with Crippen LogP contribution in [0.1, 0.15) is 0 Å². The van der Waals surface area contributed by atoms with E-state index in [0.717, 1.165) is 5.56 Å². The molecular weight excluding hydrogens is 195 g/mol. The van der Waals surface area contributed by atoms with Crippen molar-refractivity contribution in [1.29, 1.82) is 0 Å². The van der Waals surface area contributed by atoms with Crippen LogP contribution >= 0.6 is 0 Å². The predicted octanol–water partition coefficient (Wildman–Crippen LogP) is 2.23. The van der Waals surface area contributed by atoms with Gasteiger partial charge in [0.15, 0.2) is 11.6 Å². The number of ether oxygens (including phenoxy) is 1. The second-order valence-electron chi connectivity index (χ2n) is 3.22. The molecule has 1 aromatic heterocycles. The molecule has 0 amide bonds. The molecule has 2 aromatic rings. The van der Waals surface area contributed by atoms with Gasteiger partial charge in [-0.2, -0.15) is 5.10 Å². The third-order valence-corrected chi connectivity index (χ3v) is 2.20. The maximum atomic E-state index is 13.8. The second-order valence-corrected chi connectivity index (χ2v) is 3.22. The van der Waals surface area contributed by atoms with Crippen LogP contribution in [0.4, 0.5) is 4.39 Å². The SMILES string of the molecule is COc1cccc(-c2cnn(C)c2)c1F. The Labute approximate surface area is 87.1 Å². The predicted molar refractivity (Wildman–Crippen MR) is 55.2 cm³/mol. The molecule has 2 rings (SSSR count). The van der Waals surface area contributed by atoms with E-state index >= 15 is 0 Å². The van der Waals surface area contributed by atoms with Crippen LogP contribution in [0.5, 0.6) is 5.75 Å². The van der Waals surface area contributed by atoms with E-state index in [-0.39, 0.29) is 11.6 Å². The molecule has 0 bridgehead atoms. The highest BCUT2D eigenvalue weighted by atomic mass is 19.1. The van der Waals surface area contributed by atoms with Gasteiger partial charge in [-0.05, 0) is 6.07 Å². The highest BCUT2D eigenvalue weighted by molar-refractivity contribution is 5.64. The monoisotopic (exact) mass is 206 g/mol. The minimum atomic E-state index is -0.354. The Balaban J connectivity index is 2.53. The number of hydrogen-bond acceptors (Lipinski definition) is 2. The molecule has 0 unspecified atom stereocenters. The standard InChI is InChI=1S/C11H11FN2O/c1-14-7-8(6-13-14)9-4-3-5-10(15-2)11(9)12/h3-7H,1-2H3. The van der Waals surface area contributed by atoms with E-state index < -0.39 is 0 Å². The molecule has 78 valence electrons. The van der Waals surface area contributed by atoms with Crippen LogP contribution in [0.3, 0.4) is 0 Å². The smallest absolute Gasteiger partial charge is 0.172 e. The van der Waals surface area contributed by atoms with Gasteiger partial charge < -0.3 is 4.74 Å². The van der Waals surface area contributed by atoms with Crippen molar-refractivity contribution in [3.05, 3.63) is 36.4 Å². The van der Waals surface area contributed by atoms with Crippen LogP contribution in [-0.2, 0) is 7.05 Å². The first-order valence-corrected chi connectivity index (χ1v) is 4.54. The number of benzene rings is 1. The molecule has 3 nitrogen and oxygen atoms in total. The van der Waals surface area contributed by atoms with Crippen LogP contribution < -0.4 is 4.74 Å². The lowest BCUT2D eigenvalue weighted by molar-refractivity contribution is 0.387. The lowest BCUT2D eigenvalue weighted by Gasteiger charge is -2.04. The summed E-state index contributed by atoms with van der Waals surface area (Å²) in [6, 6.07) is 5.05. The van der Waals surface area contributed by atoms with Gasteiger partial charge in [0.25, 0.3) is 0 Å². The molecule has 0 N–H and O–H groups in total. The number of rotatable bonds is 2. The topological polar surface area (TPSA) is 27.1 Å². The number of hydrogen-bond donors (Lipinski definition) is 0. The average Bonchev–Trinajstić information content (AvgIpc) is 2.65. The Bertz CT molecular complexity index is 479. The van der Waals surface area contributed by atoms with Gasteiger partial charge in [-0.25, -0.2) is 4.39 Å². The summed E-state index contributed by atoms with van der Waals surface area (Å²) in [5, 5.41) is 4.00. The Hall–Kier alpha value is -1.84. The lowest BCUT2D eigenvalue weighted by atomic mass is 10.1. The molecule has 4 heteroatoms. The quantitative estimate of drug-likeness (QED) is 0.753. The van der Waals surface area contributed by atoms with Gasteiger partial charge in [-0.1, -0.05) is 12.1 Å². The van der Waals surface area contributed by atoms with Crippen molar-refractivity contribution in [1.82, 2.24) is 9.78 Å². The third-order valence-electron chi connectivity index (χ3n) is 2.20. The molecule has 0 aliphatic heterocycles. The first kappa shape index (κ1) is 9.71. The van der Waals surface area contributed by atoms with Gasteiger partial charge >= 0.3 is 0 Å². The van der Waals surface area contributed by atoms with Crippen molar-refractivity contribution in [2.75, 3.05) is 7.11 Å². The fourth-order valence-corrected chi connectivity index (χ4v) is 1.45. The van der Waals surface area contributed by atoms with Crippen LogP contribution in [0.25, 0.3) is 11.1 Å². The largest absolute Gasteiger partial charge is 0.494 e. The zero-order chi connectivity index (χ0) is 10.8. The number of aromatic nitrogens is 2. The summed E-state index contributed by atoms with van der Waals surface area (Å²) in [7, 11) is 3.24.